The van der Waals surface area contributed by atoms with Crippen LogP contribution >= 0.6 is 15.9 Å². The lowest BCUT2D eigenvalue weighted by Gasteiger charge is -2.30. The Kier molecular flexibility index (Phi) is 4.18. The number of carboxylic acid groups (broad SMARTS) is 1. The minimum Gasteiger partial charge on any atom is -0.481 e. The minimum atomic E-state index is -0.690. The predicted molar refractivity (Wildman–Crippen MR) is 69.9 cm³/mol. The highest BCUT2D eigenvalue weighted by molar-refractivity contribution is 9.10. The Hall–Kier alpha value is -0.870. The van der Waals surface area contributed by atoms with E-state index in [1.165, 1.54) is 5.56 Å². The van der Waals surface area contributed by atoms with Crippen LogP contribution in [0.1, 0.15) is 30.9 Å². The Morgan fingerprint density at radius 1 is 1.53 bits per heavy atom. The molecule has 0 spiro atoms. The Labute approximate surface area is 109 Å². The van der Waals surface area contributed by atoms with E-state index < -0.39 is 5.97 Å². The molecule has 92 valence electrons. The summed E-state index contributed by atoms with van der Waals surface area (Å²) in [5, 5.41) is 12.3. The van der Waals surface area contributed by atoms with Gasteiger partial charge in [0.2, 0.25) is 0 Å². The van der Waals surface area contributed by atoms with Gasteiger partial charge in [0.05, 0.1) is 0 Å². The number of halogens is 1. The van der Waals surface area contributed by atoms with Crippen molar-refractivity contribution in [1.82, 2.24) is 5.32 Å². The zero-order valence-electron chi connectivity index (χ0n) is 9.53. The summed E-state index contributed by atoms with van der Waals surface area (Å²) in [6.45, 7) is 0.898. The van der Waals surface area contributed by atoms with E-state index in [-0.39, 0.29) is 18.4 Å². The molecule has 0 aromatic heterocycles. The molecule has 1 saturated heterocycles. The number of carboxylic acids is 1. The van der Waals surface area contributed by atoms with Crippen molar-refractivity contribution in [1.29, 1.82) is 0 Å². The second kappa shape index (κ2) is 5.65. The van der Waals surface area contributed by atoms with Gasteiger partial charge in [-0.25, -0.2) is 0 Å². The molecule has 0 radical (unpaired) electrons. The second-order valence-electron chi connectivity index (χ2n) is 4.55. The van der Waals surface area contributed by atoms with Gasteiger partial charge in [-0.3, -0.25) is 4.79 Å². The van der Waals surface area contributed by atoms with Crippen molar-refractivity contribution < 1.29 is 9.90 Å². The Balaban J connectivity index is 2.04. The Morgan fingerprint density at radius 2 is 2.35 bits per heavy atom. The van der Waals surface area contributed by atoms with E-state index >= 15 is 0 Å². The summed E-state index contributed by atoms with van der Waals surface area (Å²) < 4.78 is 1.07. The molecule has 1 aliphatic rings. The summed E-state index contributed by atoms with van der Waals surface area (Å²) in [6, 6.07) is 8.49. The van der Waals surface area contributed by atoms with Crippen LogP contribution in [-0.2, 0) is 4.79 Å². The Morgan fingerprint density at radius 3 is 3.06 bits per heavy atom. The largest absolute Gasteiger partial charge is 0.481 e. The first-order valence-corrected chi connectivity index (χ1v) is 6.65. The van der Waals surface area contributed by atoms with E-state index in [9.17, 15) is 4.79 Å². The molecule has 3 nitrogen and oxygen atoms in total. The van der Waals surface area contributed by atoms with Gasteiger partial charge in [0.15, 0.2) is 0 Å². The van der Waals surface area contributed by atoms with Crippen LogP contribution in [0, 0.1) is 5.92 Å². The molecule has 0 bridgehead atoms. The number of hydrogen-bond donors (Lipinski definition) is 2. The van der Waals surface area contributed by atoms with E-state index in [1.54, 1.807) is 0 Å². The maximum atomic E-state index is 10.7. The maximum absolute atomic E-state index is 10.7. The zero-order chi connectivity index (χ0) is 12.3. The summed E-state index contributed by atoms with van der Waals surface area (Å²) >= 11 is 3.46. The van der Waals surface area contributed by atoms with Crippen molar-refractivity contribution >= 4 is 21.9 Å². The van der Waals surface area contributed by atoms with Crippen LogP contribution in [0.15, 0.2) is 28.7 Å². The van der Waals surface area contributed by atoms with E-state index in [0.29, 0.717) is 0 Å². The predicted octanol–water partition coefficient (Wildman–Crippen LogP) is 2.96. The quantitative estimate of drug-likeness (QED) is 0.902. The Bertz CT molecular complexity index is 408. The van der Waals surface area contributed by atoms with Crippen molar-refractivity contribution in [3.8, 4) is 0 Å². The molecule has 0 saturated carbocycles. The molecule has 0 aliphatic carbocycles. The van der Waals surface area contributed by atoms with Gasteiger partial charge in [-0.05, 0) is 43.0 Å². The number of aliphatic carboxylic acids is 1. The highest BCUT2D eigenvalue weighted by Crippen LogP contribution is 2.30. The lowest BCUT2D eigenvalue weighted by atomic mass is 9.87. The summed E-state index contributed by atoms with van der Waals surface area (Å²) in [5.74, 6) is -0.400. The molecular weight excluding hydrogens is 282 g/mol. The summed E-state index contributed by atoms with van der Waals surface area (Å²) in [5.41, 5.74) is 1.23. The SMILES string of the molecule is O=C(O)CC1CCNC(c2cccc(Br)c2)C1. The number of hydrogen-bond acceptors (Lipinski definition) is 2. The summed E-state index contributed by atoms with van der Waals surface area (Å²) in [7, 11) is 0. The first kappa shape index (κ1) is 12.6. The van der Waals surface area contributed by atoms with Crippen LogP contribution in [0.25, 0.3) is 0 Å². The van der Waals surface area contributed by atoms with Gasteiger partial charge < -0.3 is 10.4 Å². The molecule has 1 aromatic rings. The third kappa shape index (κ3) is 3.54. The van der Waals surface area contributed by atoms with Gasteiger partial charge in [0.1, 0.15) is 0 Å². The molecule has 1 aromatic carbocycles. The fraction of sp³-hybridized carbons (Fsp3) is 0.462. The lowest BCUT2D eigenvalue weighted by Crippen LogP contribution is -2.32. The van der Waals surface area contributed by atoms with Crippen LogP contribution < -0.4 is 5.32 Å². The number of nitrogens with one attached hydrogen (secondary N) is 1. The summed E-state index contributed by atoms with van der Waals surface area (Å²) in [6.07, 6.45) is 2.14. The lowest BCUT2D eigenvalue weighted by molar-refractivity contribution is -0.138. The van der Waals surface area contributed by atoms with Gasteiger partial charge in [-0.2, -0.15) is 0 Å². The molecule has 1 aliphatic heterocycles. The number of rotatable bonds is 3. The average molecular weight is 298 g/mol. The number of carbonyl (C=O) groups is 1. The van der Waals surface area contributed by atoms with E-state index in [2.05, 4.69) is 33.4 Å². The topological polar surface area (TPSA) is 49.3 Å². The van der Waals surface area contributed by atoms with Crippen molar-refractivity contribution in [2.75, 3.05) is 6.54 Å². The van der Waals surface area contributed by atoms with E-state index in [4.69, 9.17) is 5.11 Å². The molecular formula is C13H16BrNO2. The minimum absolute atomic E-state index is 0.283. The van der Waals surface area contributed by atoms with Crippen LogP contribution in [0.4, 0.5) is 0 Å². The molecule has 17 heavy (non-hydrogen) atoms. The number of piperidine rings is 1. The normalized spacial score (nSPS) is 24.5. The van der Waals surface area contributed by atoms with Gasteiger partial charge in [-0.1, -0.05) is 28.1 Å². The van der Waals surface area contributed by atoms with Crippen molar-refractivity contribution in [3.63, 3.8) is 0 Å². The van der Waals surface area contributed by atoms with E-state index in [1.807, 2.05) is 12.1 Å². The van der Waals surface area contributed by atoms with Crippen molar-refractivity contribution in [2.45, 2.75) is 25.3 Å². The van der Waals surface area contributed by atoms with Gasteiger partial charge in [-0.15, -0.1) is 0 Å². The molecule has 2 N–H and O–H groups in total. The third-order valence-electron chi connectivity index (χ3n) is 3.23. The first-order chi connectivity index (χ1) is 8.15. The van der Waals surface area contributed by atoms with Crippen LogP contribution in [-0.4, -0.2) is 17.6 Å². The summed E-state index contributed by atoms with van der Waals surface area (Å²) in [4.78, 5) is 10.7. The molecule has 2 unspecified atom stereocenters. The van der Waals surface area contributed by atoms with Crippen molar-refractivity contribution in [3.05, 3.63) is 34.3 Å². The monoisotopic (exact) mass is 297 g/mol. The highest BCUT2D eigenvalue weighted by Gasteiger charge is 2.24. The molecule has 2 rings (SSSR count). The molecule has 1 fully saturated rings. The maximum Gasteiger partial charge on any atom is 0.303 e. The molecule has 0 amide bonds. The van der Waals surface area contributed by atoms with Gasteiger partial charge >= 0.3 is 5.97 Å². The average Bonchev–Trinajstić information content (AvgIpc) is 2.28. The molecule has 2 atom stereocenters. The molecule has 4 heteroatoms. The van der Waals surface area contributed by atoms with Crippen LogP contribution in [0.5, 0.6) is 0 Å². The zero-order valence-corrected chi connectivity index (χ0v) is 11.1. The fourth-order valence-electron chi connectivity index (χ4n) is 2.41. The highest BCUT2D eigenvalue weighted by atomic mass is 79.9. The van der Waals surface area contributed by atoms with Crippen LogP contribution in [0.2, 0.25) is 0 Å². The standard InChI is InChI=1S/C13H16BrNO2/c14-11-3-1-2-10(8-11)12-6-9(4-5-15-12)7-13(16)17/h1-3,8-9,12,15H,4-7H2,(H,16,17). The van der Waals surface area contributed by atoms with E-state index in [0.717, 1.165) is 23.9 Å². The second-order valence-corrected chi connectivity index (χ2v) is 5.47. The third-order valence-corrected chi connectivity index (χ3v) is 3.72. The number of benzene rings is 1. The molecule has 1 heterocycles. The van der Waals surface area contributed by atoms with Crippen molar-refractivity contribution in [2.24, 2.45) is 5.92 Å². The fourth-order valence-corrected chi connectivity index (χ4v) is 2.82. The smallest absolute Gasteiger partial charge is 0.303 e. The van der Waals surface area contributed by atoms with Gasteiger partial charge in [0.25, 0.3) is 0 Å². The first-order valence-electron chi connectivity index (χ1n) is 5.86. The van der Waals surface area contributed by atoms with Gasteiger partial charge in [0, 0.05) is 16.9 Å². The van der Waals surface area contributed by atoms with Crippen LogP contribution in [0.3, 0.4) is 0 Å².